The minimum absolute atomic E-state index is 0.198. The molecule has 0 saturated carbocycles. The average molecular weight is 340 g/mol. The number of carbonyl (C=O) groups is 3. The summed E-state index contributed by atoms with van der Waals surface area (Å²) in [5, 5.41) is 4.70. The molecule has 0 fully saturated rings. The molecule has 0 saturated heterocycles. The van der Waals surface area contributed by atoms with Crippen LogP contribution in [0, 0.1) is 0 Å². The highest BCUT2D eigenvalue weighted by atomic mass is 32.2. The van der Waals surface area contributed by atoms with Crippen LogP contribution < -0.4 is 10.6 Å². The summed E-state index contributed by atoms with van der Waals surface area (Å²) >= 11 is 1.51. The van der Waals surface area contributed by atoms with Crippen LogP contribution in [0.3, 0.4) is 0 Å². The molecule has 3 rings (SSSR count). The van der Waals surface area contributed by atoms with E-state index in [4.69, 9.17) is 0 Å². The number of nitrogens with one attached hydrogen (secondary N) is 2. The highest BCUT2D eigenvalue weighted by molar-refractivity contribution is 7.99. The zero-order valence-corrected chi connectivity index (χ0v) is 13.9. The Morgan fingerprint density at radius 3 is 2.58 bits per heavy atom. The maximum Gasteiger partial charge on any atom is 0.261 e. The van der Waals surface area contributed by atoms with Crippen LogP contribution in [0.4, 0.5) is 5.69 Å². The SMILES string of the molecule is CC(SCc1ccccc1)C(=O)Nc1cccc2c1C(=O)NC2=O. The van der Waals surface area contributed by atoms with Crippen molar-refractivity contribution in [2.24, 2.45) is 0 Å². The molecule has 1 atom stereocenters. The van der Waals surface area contributed by atoms with E-state index in [1.54, 1.807) is 18.2 Å². The van der Waals surface area contributed by atoms with Crippen molar-refractivity contribution in [1.29, 1.82) is 0 Å². The topological polar surface area (TPSA) is 75.3 Å². The van der Waals surface area contributed by atoms with Gasteiger partial charge in [-0.2, -0.15) is 0 Å². The van der Waals surface area contributed by atoms with Crippen LogP contribution in [0.2, 0.25) is 0 Å². The lowest BCUT2D eigenvalue weighted by atomic mass is 10.1. The molecule has 0 aliphatic carbocycles. The molecule has 1 aliphatic rings. The Kier molecular flexibility index (Phi) is 4.66. The van der Waals surface area contributed by atoms with Gasteiger partial charge in [-0.3, -0.25) is 19.7 Å². The third kappa shape index (κ3) is 3.33. The molecule has 0 radical (unpaired) electrons. The second-order valence-corrected chi connectivity index (χ2v) is 6.77. The van der Waals surface area contributed by atoms with E-state index in [0.29, 0.717) is 11.3 Å². The van der Waals surface area contributed by atoms with E-state index in [1.165, 1.54) is 11.8 Å². The summed E-state index contributed by atoms with van der Waals surface area (Å²) in [5.74, 6) is -0.383. The van der Waals surface area contributed by atoms with Crippen LogP contribution in [-0.2, 0) is 10.5 Å². The van der Waals surface area contributed by atoms with Crippen molar-refractivity contribution in [2.75, 3.05) is 5.32 Å². The Morgan fingerprint density at radius 1 is 1.08 bits per heavy atom. The standard InChI is InChI=1S/C18H16N2O3S/c1-11(24-10-12-6-3-2-4-7-12)16(21)19-14-9-5-8-13-15(14)18(23)20-17(13)22/h2-9,11H,10H2,1H3,(H,19,21)(H,20,22,23). The van der Waals surface area contributed by atoms with Gasteiger partial charge in [0.2, 0.25) is 5.91 Å². The quantitative estimate of drug-likeness (QED) is 0.821. The first-order valence-corrected chi connectivity index (χ1v) is 8.56. The third-order valence-electron chi connectivity index (χ3n) is 3.73. The summed E-state index contributed by atoms with van der Waals surface area (Å²) in [6, 6.07) is 14.7. The van der Waals surface area contributed by atoms with Gasteiger partial charge in [0.25, 0.3) is 11.8 Å². The Labute approximate surface area is 143 Å². The average Bonchev–Trinajstić information content (AvgIpc) is 2.89. The number of hydrogen-bond donors (Lipinski definition) is 2. The summed E-state index contributed by atoms with van der Waals surface area (Å²) in [6.45, 7) is 1.82. The van der Waals surface area contributed by atoms with Gasteiger partial charge in [0.1, 0.15) is 0 Å². The molecule has 5 nitrogen and oxygen atoms in total. The van der Waals surface area contributed by atoms with Crippen LogP contribution in [0.25, 0.3) is 0 Å². The number of anilines is 1. The first-order chi connectivity index (χ1) is 11.6. The van der Waals surface area contributed by atoms with Crippen LogP contribution in [0.15, 0.2) is 48.5 Å². The summed E-state index contributed by atoms with van der Waals surface area (Å²) in [5.41, 5.74) is 2.04. The minimum atomic E-state index is -0.476. The molecule has 1 heterocycles. The highest BCUT2D eigenvalue weighted by Crippen LogP contribution is 2.25. The molecule has 6 heteroatoms. The molecule has 3 amide bonds. The maximum absolute atomic E-state index is 12.4. The maximum atomic E-state index is 12.4. The van der Waals surface area contributed by atoms with Crippen LogP contribution in [-0.4, -0.2) is 23.0 Å². The molecule has 24 heavy (non-hydrogen) atoms. The second kappa shape index (κ2) is 6.88. The van der Waals surface area contributed by atoms with Crippen molar-refractivity contribution in [3.63, 3.8) is 0 Å². The highest BCUT2D eigenvalue weighted by Gasteiger charge is 2.30. The van der Waals surface area contributed by atoms with Gasteiger partial charge >= 0.3 is 0 Å². The first kappa shape index (κ1) is 16.3. The molecule has 0 aromatic heterocycles. The van der Waals surface area contributed by atoms with Crippen molar-refractivity contribution in [2.45, 2.75) is 17.9 Å². The van der Waals surface area contributed by atoms with Crippen molar-refractivity contribution in [3.05, 3.63) is 65.2 Å². The van der Waals surface area contributed by atoms with E-state index in [0.717, 1.165) is 11.3 Å². The van der Waals surface area contributed by atoms with E-state index in [2.05, 4.69) is 10.6 Å². The summed E-state index contributed by atoms with van der Waals surface area (Å²) < 4.78 is 0. The molecule has 2 aromatic rings. The monoisotopic (exact) mass is 340 g/mol. The zero-order valence-electron chi connectivity index (χ0n) is 13.0. The van der Waals surface area contributed by atoms with E-state index < -0.39 is 11.8 Å². The van der Waals surface area contributed by atoms with Crippen LogP contribution in [0.5, 0.6) is 0 Å². The summed E-state index contributed by atoms with van der Waals surface area (Å²) in [6.07, 6.45) is 0. The van der Waals surface area contributed by atoms with Crippen molar-refractivity contribution in [1.82, 2.24) is 5.32 Å². The summed E-state index contributed by atoms with van der Waals surface area (Å²) in [7, 11) is 0. The van der Waals surface area contributed by atoms with Gasteiger partial charge in [0, 0.05) is 5.75 Å². The number of rotatable bonds is 5. The van der Waals surface area contributed by atoms with E-state index >= 15 is 0 Å². The smallest absolute Gasteiger partial charge is 0.261 e. The van der Waals surface area contributed by atoms with Gasteiger partial charge in [-0.05, 0) is 24.6 Å². The molecular formula is C18H16N2O3S. The number of carbonyl (C=O) groups excluding carboxylic acids is 3. The molecule has 0 spiro atoms. The molecular weight excluding hydrogens is 324 g/mol. The normalized spacial score (nSPS) is 14.0. The van der Waals surface area contributed by atoms with E-state index in [-0.39, 0.29) is 16.7 Å². The van der Waals surface area contributed by atoms with Gasteiger partial charge < -0.3 is 5.32 Å². The number of hydrogen-bond acceptors (Lipinski definition) is 4. The lowest BCUT2D eigenvalue weighted by Gasteiger charge is -2.13. The van der Waals surface area contributed by atoms with Gasteiger partial charge in [-0.15, -0.1) is 11.8 Å². The minimum Gasteiger partial charge on any atom is -0.324 e. The lowest BCUT2D eigenvalue weighted by Crippen LogP contribution is -2.24. The molecule has 0 bridgehead atoms. The van der Waals surface area contributed by atoms with E-state index in [9.17, 15) is 14.4 Å². The fraction of sp³-hybridized carbons (Fsp3) is 0.167. The number of imide groups is 1. The van der Waals surface area contributed by atoms with E-state index in [1.807, 2.05) is 37.3 Å². The molecule has 2 aromatic carbocycles. The first-order valence-electron chi connectivity index (χ1n) is 7.51. The zero-order chi connectivity index (χ0) is 17.1. The fourth-order valence-corrected chi connectivity index (χ4v) is 3.27. The largest absolute Gasteiger partial charge is 0.324 e. The van der Waals surface area contributed by atoms with Gasteiger partial charge in [-0.1, -0.05) is 36.4 Å². The molecule has 1 aliphatic heterocycles. The van der Waals surface area contributed by atoms with Gasteiger partial charge in [0.15, 0.2) is 0 Å². The third-order valence-corrected chi connectivity index (χ3v) is 4.95. The number of benzene rings is 2. The Morgan fingerprint density at radius 2 is 1.83 bits per heavy atom. The molecule has 1 unspecified atom stereocenters. The predicted octanol–water partition coefficient (Wildman–Crippen LogP) is 2.83. The number of fused-ring (bicyclic) bond motifs is 1. The molecule has 122 valence electrons. The Hall–Kier alpha value is -2.60. The number of amides is 3. The summed E-state index contributed by atoms with van der Waals surface area (Å²) in [4.78, 5) is 35.9. The van der Waals surface area contributed by atoms with Crippen molar-refractivity contribution >= 4 is 35.2 Å². The Bertz CT molecular complexity index is 805. The Balaban J connectivity index is 1.67. The van der Waals surface area contributed by atoms with Crippen LogP contribution >= 0.6 is 11.8 Å². The van der Waals surface area contributed by atoms with Crippen molar-refractivity contribution < 1.29 is 14.4 Å². The predicted molar refractivity (Wildman–Crippen MR) is 94.1 cm³/mol. The number of thioether (sulfide) groups is 1. The lowest BCUT2D eigenvalue weighted by molar-refractivity contribution is -0.115. The second-order valence-electron chi connectivity index (χ2n) is 5.44. The van der Waals surface area contributed by atoms with Gasteiger partial charge in [-0.25, -0.2) is 0 Å². The van der Waals surface area contributed by atoms with Crippen LogP contribution in [0.1, 0.15) is 33.2 Å². The fourth-order valence-electron chi connectivity index (χ4n) is 2.43. The van der Waals surface area contributed by atoms with Crippen molar-refractivity contribution in [3.8, 4) is 0 Å². The molecule has 2 N–H and O–H groups in total. The van der Waals surface area contributed by atoms with Gasteiger partial charge in [0.05, 0.1) is 22.1 Å².